The zero-order chi connectivity index (χ0) is 47.1. The van der Waals surface area contributed by atoms with Gasteiger partial charge in [-0.15, -0.1) is 0 Å². The van der Waals surface area contributed by atoms with Gasteiger partial charge in [-0.25, -0.2) is 9.69 Å². The highest BCUT2D eigenvalue weighted by Gasteiger charge is 2.63. The number of aliphatic hydroxyl groups excluding tert-OH is 2. The summed E-state index contributed by atoms with van der Waals surface area (Å²) in [6.07, 6.45) is 9.04. The van der Waals surface area contributed by atoms with Crippen LogP contribution in [0.15, 0.2) is 41.1 Å². The normalized spacial score (nSPS) is 27.0. The third-order valence-electron chi connectivity index (χ3n) is 15.3. The van der Waals surface area contributed by atoms with Crippen molar-refractivity contribution in [1.29, 1.82) is 0 Å². The van der Waals surface area contributed by atoms with E-state index in [1.54, 1.807) is 0 Å². The van der Waals surface area contributed by atoms with Crippen LogP contribution in [-0.2, 0) is 27.9 Å². The van der Waals surface area contributed by atoms with Gasteiger partial charge in [0.05, 0.1) is 59.0 Å². The zero-order valence-electron chi connectivity index (χ0n) is 40.3. The SMILES string of the molecule is CC1(C)OB(B2OC(C)(C)C(C)(C)O2)OC1(C)C.[C-]#[N+]c1cc2c(B3OC(C)(C)C(C)(C)O3)cn([C@@H]3CC[C@H](O)C3)c2cc1C.[C-]#[N+]c1cc2c(Br)cn([C@@H]3CC[C@H](O)C3)c2cc1C. The van der Waals surface area contributed by atoms with Crippen molar-refractivity contribution in [3.63, 3.8) is 0 Å². The second kappa shape index (κ2) is 17.2. The minimum Gasteiger partial charge on any atom is -0.405 e. The Kier molecular flexibility index (Phi) is 13.1. The monoisotopic (exact) mass is 938 g/mol. The molecule has 2 aliphatic carbocycles. The first-order valence-electron chi connectivity index (χ1n) is 22.7. The van der Waals surface area contributed by atoms with Crippen molar-refractivity contribution in [1.82, 2.24) is 9.13 Å². The Morgan fingerprint density at radius 2 is 0.922 bits per heavy atom. The lowest BCUT2D eigenvalue weighted by Crippen LogP contribution is -2.41. The minimum absolute atomic E-state index is 0.176. The molecule has 2 aromatic heterocycles. The van der Waals surface area contributed by atoms with Crippen molar-refractivity contribution in [2.24, 2.45) is 0 Å². The van der Waals surface area contributed by atoms with Crippen LogP contribution in [0.1, 0.15) is 145 Å². The Morgan fingerprint density at radius 3 is 1.30 bits per heavy atom. The van der Waals surface area contributed by atoms with Crippen molar-refractivity contribution >= 4 is 75.7 Å². The van der Waals surface area contributed by atoms with Crippen molar-refractivity contribution in [3.05, 3.63) is 75.1 Å². The third kappa shape index (κ3) is 9.01. The van der Waals surface area contributed by atoms with E-state index in [2.05, 4.69) is 59.3 Å². The van der Waals surface area contributed by atoms with Gasteiger partial charge in [0.15, 0.2) is 11.4 Å². The molecule has 16 heteroatoms. The molecule has 3 saturated heterocycles. The number of halogens is 1. The molecule has 9 rings (SSSR count). The average Bonchev–Trinajstić information content (AvgIpc) is 4.05. The molecule has 0 spiro atoms. The minimum atomic E-state index is -0.476. The highest BCUT2D eigenvalue weighted by Crippen LogP contribution is 2.44. The molecule has 5 aliphatic rings. The molecule has 0 bridgehead atoms. The molecule has 342 valence electrons. The second-order valence-electron chi connectivity index (χ2n) is 21.5. The number of hydrogen-bond donors (Lipinski definition) is 2. The Morgan fingerprint density at radius 1 is 0.562 bits per heavy atom. The number of aromatic nitrogens is 2. The van der Waals surface area contributed by atoms with E-state index in [4.69, 9.17) is 41.1 Å². The molecule has 12 nitrogen and oxygen atoms in total. The molecule has 2 aromatic carbocycles. The standard InChI is InChI=1S/C21H27BN2O3.C15H15BrN2O.C12H24B2O4/c1-13-9-19-16(11-18(13)23-6)17(12-24(19)14-7-8-15(25)10-14)22-26-20(2,3)21(4,5)27-22;1-9-5-15-12(7-14(9)17-2)13(16)8-18(15)10-3-4-11(19)6-10;1-9(2)10(3,4)16-13(15-9)14-17-11(5,6)12(7,8)18-14/h9,11-12,14-15,25H,7-8,10H2,1-5H3;5,7-8,10-11,19H,3-4,6H2,1H3;1-8H3/t14-,15+;10-,11+;/m11./s1. The highest BCUT2D eigenvalue weighted by atomic mass is 79.9. The summed E-state index contributed by atoms with van der Waals surface area (Å²) >= 11 is 3.58. The van der Waals surface area contributed by atoms with Gasteiger partial charge in [-0.3, -0.25) is 0 Å². The largest absolute Gasteiger partial charge is 0.496 e. The van der Waals surface area contributed by atoms with Gasteiger partial charge in [-0.2, -0.15) is 0 Å². The van der Waals surface area contributed by atoms with E-state index in [1.165, 1.54) is 0 Å². The predicted molar refractivity (Wildman–Crippen MR) is 259 cm³/mol. The summed E-state index contributed by atoms with van der Waals surface area (Å²) in [5.74, 6) is 0. The van der Waals surface area contributed by atoms with E-state index in [1.807, 2.05) is 109 Å². The fourth-order valence-corrected chi connectivity index (χ4v) is 9.68. The molecule has 0 amide bonds. The van der Waals surface area contributed by atoms with Gasteiger partial charge in [0.1, 0.15) is 0 Å². The van der Waals surface area contributed by atoms with E-state index >= 15 is 0 Å². The molecule has 5 fully saturated rings. The lowest BCUT2D eigenvalue weighted by atomic mass is 9.49. The topological polar surface area (TPSA) is 114 Å². The van der Waals surface area contributed by atoms with E-state index in [0.29, 0.717) is 17.4 Å². The molecule has 2 N–H and O–H groups in total. The van der Waals surface area contributed by atoms with Gasteiger partial charge in [-0.05, 0) is 192 Å². The molecule has 0 unspecified atom stereocenters. The smallest absolute Gasteiger partial charge is 0.405 e. The van der Waals surface area contributed by atoms with Crippen molar-refractivity contribution in [3.8, 4) is 0 Å². The summed E-state index contributed by atoms with van der Waals surface area (Å²) < 4.78 is 42.0. The van der Waals surface area contributed by atoms with Gasteiger partial charge in [0.2, 0.25) is 0 Å². The zero-order valence-corrected chi connectivity index (χ0v) is 41.8. The summed E-state index contributed by atoms with van der Waals surface area (Å²) in [5.41, 5.74) is 4.27. The number of hydrogen-bond acceptors (Lipinski definition) is 8. The third-order valence-corrected chi connectivity index (χ3v) is 16.0. The number of aliphatic hydroxyl groups is 2. The number of benzene rings is 2. The van der Waals surface area contributed by atoms with Crippen LogP contribution in [0.5, 0.6) is 0 Å². The lowest BCUT2D eigenvalue weighted by molar-refractivity contribution is 0.00578. The maximum absolute atomic E-state index is 10.0. The number of aryl methyl sites for hydroxylation is 2. The van der Waals surface area contributed by atoms with Gasteiger partial charge in [0.25, 0.3) is 0 Å². The number of fused-ring (bicyclic) bond motifs is 2. The van der Waals surface area contributed by atoms with Crippen molar-refractivity contribution in [2.45, 2.75) is 193 Å². The highest BCUT2D eigenvalue weighted by molar-refractivity contribution is 9.10. The number of nitrogens with zero attached hydrogens (tertiary/aromatic N) is 4. The molecular weight excluding hydrogens is 873 g/mol. The summed E-state index contributed by atoms with van der Waals surface area (Å²) in [6.45, 7) is 43.0. The lowest BCUT2D eigenvalue weighted by Gasteiger charge is -2.32. The van der Waals surface area contributed by atoms with Crippen LogP contribution in [0.3, 0.4) is 0 Å². The number of rotatable bonds is 4. The van der Waals surface area contributed by atoms with Crippen LogP contribution < -0.4 is 5.46 Å². The first kappa shape index (κ1) is 48.8. The van der Waals surface area contributed by atoms with E-state index in [-0.39, 0.29) is 40.7 Å². The van der Waals surface area contributed by atoms with E-state index in [9.17, 15) is 10.2 Å². The first-order valence-corrected chi connectivity index (χ1v) is 23.5. The predicted octanol–water partition coefficient (Wildman–Crippen LogP) is 10.5. The van der Waals surface area contributed by atoms with Crippen LogP contribution >= 0.6 is 15.9 Å². The van der Waals surface area contributed by atoms with Crippen molar-refractivity contribution < 1.29 is 38.1 Å². The van der Waals surface area contributed by atoms with E-state index < -0.39 is 32.3 Å². The van der Waals surface area contributed by atoms with Gasteiger partial charge in [0, 0.05) is 50.8 Å². The Hall–Kier alpha value is -3.15. The molecule has 4 aromatic rings. The molecule has 5 heterocycles. The van der Waals surface area contributed by atoms with Crippen LogP contribution in [0.25, 0.3) is 31.5 Å². The molecule has 2 saturated carbocycles. The summed E-state index contributed by atoms with van der Waals surface area (Å²) in [5, 5.41) is 21.8. The molecule has 4 atom stereocenters. The van der Waals surface area contributed by atoms with Crippen molar-refractivity contribution in [2.75, 3.05) is 0 Å². The maximum atomic E-state index is 10.0. The molecule has 64 heavy (non-hydrogen) atoms. The fourth-order valence-electron chi connectivity index (χ4n) is 9.14. The quantitative estimate of drug-likeness (QED) is 0.154. The summed E-state index contributed by atoms with van der Waals surface area (Å²) in [7, 11) is -1.42. The summed E-state index contributed by atoms with van der Waals surface area (Å²) in [6, 6.07) is 8.70. The Labute approximate surface area is 389 Å². The van der Waals surface area contributed by atoms with Crippen LogP contribution in [0.2, 0.25) is 0 Å². The average molecular weight is 939 g/mol. The maximum Gasteiger partial charge on any atom is 0.496 e. The van der Waals surface area contributed by atoms with Crippen LogP contribution in [0.4, 0.5) is 11.4 Å². The van der Waals surface area contributed by atoms with Crippen LogP contribution in [-0.4, -0.2) is 86.3 Å². The molecule has 0 radical (unpaired) electrons. The summed E-state index contributed by atoms with van der Waals surface area (Å²) in [4.78, 5) is 7.24. The Bertz CT molecular complexity index is 2420. The fraction of sp³-hybridized carbons (Fsp3) is 0.625. The molecular formula is C48H66B3BrN4O8. The van der Waals surface area contributed by atoms with Gasteiger partial charge < -0.3 is 47.3 Å². The first-order chi connectivity index (χ1) is 29.6. The van der Waals surface area contributed by atoms with Crippen LogP contribution in [0, 0.1) is 27.0 Å². The van der Waals surface area contributed by atoms with Gasteiger partial charge in [-0.1, -0.05) is 0 Å². The van der Waals surface area contributed by atoms with Gasteiger partial charge >= 0.3 is 21.1 Å². The molecule has 3 aliphatic heterocycles. The second-order valence-corrected chi connectivity index (χ2v) is 22.3. The van der Waals surface area contributed by atoms with E-state index in [0.717, 1.165) is 81.4 Å². The Balaban J connectivity index is 0.000000148.